The molecule has 2 fully saturated rings. The molecule has 2 aliphatic heterocycles. The summed E-state index contributed by atoms with van der Waals surface area (Å²) in [7, 11) is 2.81. The summed E-state index contributed by atoms with van der Waals surface area (Å²) in [6.07, 6.45) is -0.0692. The Hall–Kier alpha value is -4.00. The number of nitrogens with zero attached hydrogens (tertiary/aromatic N) is 4. The van der Waals surface area contributed by atoms with Crippen LogP contribution in [-0.4, -0.2) is 58.5 Å². The van der Waals surface area contributed by atoms with Crippen LogP contribution in [0.3, 0.4) is 0 Å². The van der Waals surface area contributed by atoms with Crippen LogP contribution in [-0.2, 0) is 4.74 Å². The van der Waals surface area contributed by atoms with Gasteiger partial charge < -0.3 is 29.4 Å². The first-order valence-corrected chi connectivity index (χ1v) is 18.0. The minimum absolute atomic E-state index is 0.0692. The summed E-state index contributed by atoms with van der Waals surface area (Å²) in [6.45, 7) is 31.5. The highest BCUT2D eigenvalue weighted by molar-refractivity contribution is 5.68. The van der Waals surface area contributed by atoms with E-state index in [0.717, 1.165) is 40.0 Å². The van der Waals surface area contributed by atoms with Crippen molar-refractivity contribution in [3.05, 3.63) is 115 Å². The Morgan fingerprint density at radius 2 is 0.660 bits per heavy atom. The molecule has 50 heavy (non-hydrogen) atoms. The number of hydrogen-bond donors (Lipinski definition) is 1. The number of ether oxygens (including phenoxy) is 1. The van der Waals surface area contributed by atoms with E-state index in [1.54, 1.807) is 0 Å². The molecule has 6 heteroatoms. The van der Waals surface area contributed by atoms with Gasteiger partial charge in [-0.25, -0.2) is 0 Å². The minimum Gasteiger partial charge on any atom is -0.400 e. The maximum absolute atomic E-state index is 7.00. The van der Waals surface area contributed by atoms with Gasteiger partial charge in [0.05, 0.1) is 6.67 Å². The monoisotopic (exact) mass is 678 g/mol. The molecule has 0 spiro atoms. The van der Waals surface area contributed by atoms with Crippen molar-refractivity contribution in [3.63, 3.8) is 0 Å². The van der Waals surface area contributed by atoms with Gasteiger partial charge in [-0.1, -0.05) is 70.8 Å². The third-order valence-corrected chi connectivity index (χ3v) is 10.1. The number of aliphatic hydroxyl groups excluding tert-OH is 1. The van der Waals surface area contributed by atoms with E-state index in [9.17, 15) is 0 Å². The number of aryl methyl sites for hydroxylation is 12. The fourth-order valence-electron chi connectivity index (χ4n) is 8.85. The van der Waals surface area contributed by atoms with Crippen molar-refractivity contribution >= 4 is 22.7 Å². The maximum atomic E-state index is 7.00. The molecule has 0 saturated carbocycles. The van der Waals surface area contributed by atoms with Crippen molar-refractivity contribution in [2.24, 2.45) is 0 Å². The molecule has 270 valence electrons. The zero-order valence-electron chi connectivity index (χ0n) is 33.4. The third kappa shape index (κ3) is 8.14. The lowest BCUT2D eigenvalue weighted by molar-refractivity contribution is 0.113. The summed E-state index contributed by atoms with van der Waals surface area (Å²) in [5, 5.41) is 7.00. The molecule has 1 N–H and O–H groups in total. The van der Waals surface area contributed by atoms with Crippen LogP contribution in [0.5, 0.6) is 0 Å². The lowest BCUT2D eigenvalue weighted by atomic mass is 10.0. The normalized spacial score (nSPS) is 14.5. The van der Waals surface area contributed by atoms with Gasteiger partial charge in [0.2, 0.25) is 6.35 Å². The standard InChI is InChI=1S/C22H30N2O.C21H28N2.CH4O/c1-14-10-16(3)20(17(4)11-14)23-8-9-24(22(23)25-7)21-18(5)12-15(2)13-19(21)6;1-14-9-16(3)20(17(4)10-14)22-7-8-23(13-22)21-18(5)11-15(2)12-19(21)6;1-2/h10-13,22H,8-9H2,1-7H3;9-12H,7-8,13H2,1-6H3;2H,1H3. The number of rotatable bonds is 5. The molecule has 2 heterocycles. The van der Waals surface area contributed by atoms with E-state index in [2.05, 4.69) is 151 Å². The average molecular weight is 679 g/mol. The number of aliphatic hydroxyl groups is 1. The Morgan fingerprint density at radius 3 is 0.900 bits per heavy atom. The zero-order chi connectivity index (χ0) is 37.0. The summed E-state index contributed by atoms with van der Waals surface area (Å²) in [6, 6.07) is 18.3. The van der Waals surface area contributed by atoms with Gasteiger partial charge in [0.15, 0.2) is 0 Å². The van der Waals surface area contributed by atoms with Gasteiger partial charge in [0.25, 0.3) is 0 Å². The molecule has 6 nitrogen and oxygen atoms in total. The quantitative estimate of drug-likeness (QED) is 0.227. The second-order valence-electron chi connectivity index (χ2n) is 14.6. The average Bonchev–Trinajstić information content (AvgIpc) is 3.64. The fourth-order valence-corrected chi connectivity index (χ4v) is 8.85. The van der Waals surface area contributed by atoms with Crippen LogP contribution >= 0.6 is 0 Å². The molecule has 0 unspecified atom stereocenters. The summed E-state index contributed by atoms with van der Waals surface area (Å²) >= 11 is 0. The highest BCUT2D eigenvalue weighted by Crippen LogP contribution is 2.37. The topological polar surface area (TPSA) is 42.4 Å². The molecule has 4 aromatic rings. The molecule has 4 aromatic carbocycles. The first-order valence-electron chi connectivity index (χ1n) is 18.0. The van der Waals surface area contributed by atoms with Crippen LogP contribution in [0.15, 0.2) is 48.5 Å². The van der Waals surface area contributed by atoms with Crippen molar-refractivity contribution in [2.45, 2.75) is 89.4 Å². The second-order valence-corrected chi connectivity index (χ2v) is 14.6. The number of benzene rings is 4. The molecular formula is C44H62N4O2. The van der Waals surface area contributed by atoms with E-state index < -0.39 is 0 Å². The Kier molecular flexibility index (Phi) is 12.7. The molecule has 0 atom stereocenters. The lowest BCUT2D eigenvalue weighted by Gasteiger charge is -2.34. The van der Waals surface area contributed by atoms with Gasteiger partial charge in [-0.3, -0.25) is 0 Å². The number of methoxy groups -OCH3 is 1. The van der Waals surface area contributed by atoms with Crippen LogP contribution in [0, 0.1) is 83.1 Å². The molecule has 6 rings (SSSR count). The number of anilines is 4. The van der Waals surface area contributed by atoms with Gasteiger partial charge >= 0.3 is 0 Å². The molecule has 0 aliphatic carbocycles. The van der Waals surface area contributed by atoms with E-state index in [0.29, 0.717) is 0 Å². The van der Waals surface area contributed by atoms with Crippen LogP contribution in [0.1, 0.15) is 66.8 Å². The number of hydrogen-bond acceptors (Lipinski definition) is 6. The van der Waals surface area contributed by atoms with E-state index in [1.165, 1.54) is 89.5 Å². The summed E-state index contributed by atoms with van der Waals surface area (Å²) in [4.78, 5) is 9.87. The van der Waals surface area contributed by atoms with Crippen molar-refractivity contribution < 1.29 is 9.84 Å². The van der Waals surface area contributed by atoms with E-state index in [1.807, 2.05) is 7.11 Å². The molecular weight excluding hydrogens is 617 g/mol. The molecule has 0 amide bonds. The van der Waals surface area contributed by atoms with Gasteiger partial charge in [-0.2, -0.15) is 0 Å². The Balaban J connectivity index is 0.000000215. The molecule has 0 aromatic heterocycles. The second kappa shape index (κ2) is 16.3. The molecule has 0 radical (unpaired) electrons. The van der Waals surface area contributed by atoms with Crippen LogP contribution < -0.4 is 19.6 Å². The molecule has 0 bridgehead atoms. The van der Waals surface area contributed by atoms with Crippen molar-refractivity contribution in [1.29, 1.82) is 0 Å². The Morgan fingerprint density at radius 1 is 0.420 bits per heavy atom. The van der Waals surface area contributed by atoms with E-state index in [-0.39, 0.29) is 6.35 Å². The predicted molar refractivity (Wildman–Crippen MR) is 216 cm³/mol. The highest BCUT2D eigenvalue weighted by Gasteiger charge is 2.35. The SMILES string of the molecule is CO.COC1N(c2c(C)cc(C)cc2C)CCN1c1c(C)cc(C)cc1C.Cc1cc(C)c(N2CCN(c3c(C)cc(C)cc3C)C2)c(C)c1. The van der Waals surface area contributed by atoms with Crippen LogP contribution in [0.25, 0.3) is 0 Å². The Labute approximate surface area is 303 Å². The maximum Gasteiger partial charge on any atom is 0.210 e. The third-order valence-electron chi connectivity index (χ3n) is 10.1. The largest absolute Gasteiger partial charge is 0.400 e. The first-order chi connectivity index (χ1) is 23.7. The minimum atomic E-state index is -0.0692. The van der Waals surface area contributed by atoms with Gasteiger partial charge in [-0.05, 0) is 128 Å². The first kappa shape index (κ1) is 38.8. The molecule has 2 aliphatic rings. The predicted octanol–water partition coefficient (Wildman–Crippen LogP) is 9.22. The van der Waals surface area contributed by atoms with E-state index >= 15 is 0 Å². The van der Waals surface area contributed by atoms with Crippen LogP contribution in [0.4, 0.5) is 22.7 Å². The van der Waals surface area contributed by atoms with Crippen molar-refractivity contribution in [3.8, 4) is 0 Å². The zero-order valence-corrected chi connectivity index (χ0v) is 33.4. The fraction of sp³-hybridized carbons (Fsp3) is 0.455. The smallest absolute Gasteiger partial charge is 0.210 e. The summed E-state index contributed by atoms with van der Waals surface area (Å²) in [5.74, 6) is 0. The van der Waals surface area contributed by atoms with Gasteiger partial charge in [0, 0.05) is 63.1 Å². The van der Waals surface area contributed by atoms with Crippen molar-refractivity contribution in [2.75, 3.05) is 66.7 Å². The van der Waals surface area contributed by atoms with Crippen molar-refractivity contribution in [1.82, 2.24) is 0 Å². The highest BCUT2D eigenvalue weighted by atomic mass is 16.5. The van der Waals surface area contributed by atoms with Gasteiger partial charge in [0.1, 0.15) is 0 Å². The summed E-state index contributed by atoms with van der Waals surface area (Å²) < 4.78 is 5.98. The van der Waals surface area contributed by atoms with Gasteiger partial charge in [-0.15, -0.1) is 0 Å². The van der Waals surface area contributed by atoms with Crippen LogP contribution in [0.2, 0.25) is 0 Å². The lowest BCUT2D eigenvalue weighted by Crippen LogP contribution is -2.41. The summed E-state index contributed by atoms with van der Waals surface area (Å²) in [5.41, 5.74) is 21.6. The molecule has 2 saturated heterocycles. The van der Waals surface area contributed by atoms with E-state index in [4.69, 9.17) is 9.84 Å². The Bertz CT molecular complexity index is 1590.